The average molecular weight is 470 g/mol. The summed E-state index contributed by atoms with van der Waals surface area (Å²) in [7, 11) is 0. The van der Waals surface area contributed by atoms with Crippen LogP contribution in [0, 0.1) is 28.3 Å². The topological polar surface area (TPSA) is 58.0 Å². The Morgan fingerprint density at radius 3 is 2.53 bits per heavy atom. The molecule has 0 radical (unpaired) electrons. The number of anilines is 1. The zero-order chi connectivity index (χ0) is 24.6. The molecule has 1 aromatic carbocycles. The maximum absolute atomic E-state index is 15.0. The van der Waals surface area contributed by atoms with Crippen LogP contribution in [0.5, 0.6) is 5.75 Å². The number of halogens is 3. The first-order valence-electron chi connectivity index (χ1n) is 11.6. The minimum Gasteiger partial charge on any atom is -0.489 e. The molecule has 1 saturated carbocycles. The molecular weight excluding hydrogens is 439 g/mol. The first-order chi connectivity index (χ1) is 16.2. The summed E-state index contributed by atoms with van der Waals surface area (Å²) in [4.78, 5) is 4.30. The number of nitrogens with zero attached hydrogens (tertiary/aromatic N) is 1. The van der Waals surface area contributed by atoms with Crippen LogP contribution in [0.1, 0.15) is 70.6 Å². The Morgan fingerprint density at radius 1 is 1.21 bits per heavy atom. The molecule has 4 rings (SSSR count). The molecule has 0 bridgehead atoms. The summed E-state index contributed by atoms with van der Waals surface area (Å²) in [6.45, 7) is 7.65. The zero-order valence-electron chi connectivity index (χ0n) is 20.0. The molecule has 4 nitrogen and oxygen atoms in total. The van der Waals surface area contributed by atoms with Crippen LogP contribution >= 0.6 is 0 Å². The summed E-state index contributed by atoms with van der Waals surface area (Å²) < 4.78 is 48.9. The predicted octanol–water partition coefficient (Wildman–Crippen LogP) is 7.38. The molecule has 2 aromatic rings. The van der Waals surface area contributed by atoms with Gasteiger partial charge in [0.25, 0.3) is 0 Å². The number of hydrogen-bond acceptors (Lipinski definition) is 4. The van der Waals surface area contributed by atoms with Crippen LogP contribution in [0.25, 0.3) is 5.57 Å². The minimum atomic E-state index is -0.939. The molecule has 1 unspecified atom stereocenters. The highest BCUT2D eigenvalue weighted by Crippen LogP contribution is 2.62. The second-order valence-electron chi connectivity index (χ2n) is 9.50. The van der Waals surface area contributed by atoms with Gasteiger partial charge in [-0.3, -0.25) is 4.98 Å². The Hall–Kier alpha value is -3.09. The summed E-state index contributed by atoms with van der Waals surface area (Å²) in [6.07, 6.45) is 6.85. The van der Waals surface area contributed by atoms with E-state index in [0.29, 0.717) is 29.9 Å². The Labute approximate surface area is 198 Å². The van der Waals surface area contributed by atoms with Crippen molar-refractivity contribution >= 4 is 17.0 Å². The number of allylic oxidation sites excluding steroid dienone is 4. The van der Waals surface area contributed by atoms with Gasteiger partial charge in [-0.1, -0.05) is 24.6 Å². The van der Waals surface area contributed by atoms with E-state index in [1.807, 2.05) is 26.8 Å². The molecule has 2 heterocycles. The number of fused-ring (bicyclic) bond motifs is 1. The number of benzene rings is 1. The number of aromatic nitrogens is 1. The Bertz CT molecular complexity index is 1190. The van der Waals surface area contributed by atoms with Gasteiger partial charge < -0.3 is 15.5 Å². The van der Waals surface area contributed by atoms with E-state index in [0.717, 1.165) is 36.6 Å². The van der Waals surface area contributed by atoms with Gasteiger partial charge in [-0.25, -0.2) is 8.78 Å². The van der Waals surface area contributed by atoms with Crippen LogP contribution in [-0.2, 0) is 0 Å². The fraction of sp³-hybridized carbons (Fsp3) is 0.407. The molecule has 180 valence electrons. The maximum Gasteiger partial charge on any atom is 0.200 e. The minimum absolute atomic E-state index is 0.00621. The van der Waals surface area contributed by atoms with Gasteiger partial charge in [0, 0.05) is 39.9 Å². The van der Waals surface area contributed by atoms with Crippen LogP contribution in [0.15, 0.2) is 41.7 Å². The lowest BCUT2D eigenvalue weighted by Gasteiger charge is -2.35. The SMILES string of the molecule is CC/C=C(\CC1c2ccc(F)c(F)c2OCC12CC2)Nc1cnc(C(C(C)=N)=C(C)C)c(F)c1. The summed E-state index contributed by atoms with van der Waals surface area (Å²) >= 11 is 0. The highest BCUT2D eigenvalue weighted by Gasteiger charge is 2.54. The van der Waals surface area contributed by atoms with Crippen molar-refractivity contribution in [2.24, 2.45) is 5.41 Å². The van der Waals surface area contributed by atoms with Gasteiger partial charge >= 0.3 is 0 Å². The summed E-state index contributed by atoms with van der Waals surface area (Å²) in [5.41, 5.74) is 3.71. The third-order valence-corrected chi connectivity index (χ3v) is 6.72. The normalized spacial score (nSPS) is 18.2. The second-order valence-corrected chi connectivity index (χ2v) is 9.50. The molecule has 1 spiro atoms. The van der Waals surface area contributed by atoms with Crippen molar-refractivity contribution in [3.63, 3.8) is 0 Å². The van der Waals surface area contributed by atoms with Crippen molar-refractivity contribution < 1.29 is 17.9 Å². The smallest absolute Gasteiger partial charge is 0.200 e. The van der Waals surface area contributed by atoms with E-state index in [4.69, 9.17) is 10.1 Å². The Morgan fingerprint density at radius 2 is 1.94 bits per heavy atom. The van der Waals surface area contributed by atoms with Crippen molar-refractivity contribution in [3.8, 4) is 5.75 Å². The average Bonchev–Trinajstić information content (AvgIpc) is 3.54. The first kappa shape index (κ1) is 24.0. The number of ether oxygens (including phenoxy) is 1. The standard InChI is InChI=1S/C27H30F3N3O/c1-5-6-17(33-18-12-22(29)25(32-13-18)23(15(2)3)16(4)31)11-20-19-7-8-21(28)24(30)26(19)34-14-27(20)9-10-27/h6-8,12-13,20,31,33H,5,9-11,14H2,1-4H3/b17-6+,31-16?. The largest absolute Gasteiger partial charge is 0.489 e. The molecule has 0 saturated heterocycles. The lowest BCUT2D eigenvalue weighted by atomic mass is 9.78. The summed E-state index contributed by atoms with van der Waals surface area (Å²) in [6, 6.07) is 4.17. The van der Waals surface area contributed by atoms with Crippen molar-refractivity contribution in [3.05, 3.63) is 70.5 Å². The van der Waals surface area contributed by atoms with Gasteiger partial charge in [-0.15, -0.1) is 0 Å². The summed E-state index contributed by atoms with van der Waals surface area (Å²) in [5.74, 6) is -2.39. The van der Waals surface area contributed by atoms with Crippen LogP contribution in [0.4, 0.5) is 18.9 Å². The molecule has 1 aliphatic carbocycles. The van der Waals surface area contributed by atoms with Crippen LogP contribution in [0.2, 0.25) is 0 Å². The van der Waals surface area contributed by atoms with Crippen molar-refractivity contribution in [2.45, 2.75) is 59.3 Å². The third kappa shape index (κ3) is 4.48. The Balaban J connectivity index is 1.62. The van der Waals surface area contributed by atoms with E-state index in [1.54, 1.807) is 19.2 Å². The number of hydrogen-bond donors (Lipinski definition) is 2. The van der Waals surface area contributed by atoms with E-state index >= 15 is 0 Å². The lowest BCUT2D eigenvalue weighted by molar-refractivity contribution is 0.165. The summed E-state index contributed by atoms with van der Waals surface area (Å²) in [5, 5.41) is 11.3. The van der Waals surface area contributed by atoms with Gasteiger partial charge in [0.2, 0.25) is 5.82 Å². The fourth-order valence-electron chi connectivity index (χ4n) is 4.91. The molecule has 34 heavy (non-hydrogen) atoms. The molecule has 7 heteroatoms. The van der Waals surface area contributed by atoms with Crippen LogP contribution < -0.4 is 10.1 Å². The van der Waals surface area contributed by atoms with Crippen LogP contribution in [0.3, 0.4) is 0 Å². The molecule has 2 aliphatic rings. The van der Waals surface area contributed by atoms with E-state index in [9.17, 15) is 13.2 Å². The van der Waals surface area contributed by atoms with Gasteiger partial charge in [0.05, 0.1) is 18.5 Å². The molecule has 0 amide bonds. The lowest BCUT2D eigenvalue weighted by Crippen LogP contribution is -2.29. The van der Waals surface area contributed by atoms with E-state index in [1.165, 1.54) is 6.07 Å². The maximum atomic E-state index is 15.0. The number of nitrogens with one attached hydrogen (secondary N) is 2. The van der Waals surface area contributed by atoms with Gasteiger partial charge in [-0.2, -0.15) is 4.39 Å². The number of pyridine rings is 1. The van der Waals surface area contributed by atoms with E-state index in [-0.39, 0.29) is 28.5 Å². The van der Waals surface area contributed by atoms with Gasteiger partial charge in [0.1, 0.15) is 5.69 Å². The molecular formula is C27H30F3N3O. The third-order valence-electron chi connectivity index (χ3n) is 6.72. The first-order valence-corrected chi connectivity index (χ1v) is 11.6. The molecule has 1 aliphatic heterocycles. The van der Waals surface area contributed by atoms with Crippen molar-refractivity contribution in [2.75, 3.05) is 11.9 Å². The zero-order valence-corrected chi connectivity index (χ0v) is 20.0. The number of rotatable bonds is 7. The quantitative estimate of drug-likeness (QED) is 0.416. The second kappa shape index (κ2) is 9.28. The molecule has 1 fully saturated rings. The van der Waals surface area contributed by atoms with Gasteiger partial charge in [0.15, 0.2) is 17.4 Å². The highest BCUT2D eigenvalue weighted by molar-refractivity contribution is 6.21. The molecule has 2 N–H and O–H groups in total. The van der Waals surface area contributed by atoms with Gasteiger partial charge in [-0.05, 0) is 52.5 Å². The van der Waals surface area contributed by atoms with E-state index < -0.39 is 17.5 Å². The fourth-order valence-corrected chi connectivity index (χ4v) is 4.91. The van der Waals surface area contributed by atoms with Crippen molar-refractivity contribution in [1.29, 1.82) is 5.41 Å². The highest BCUT2D eigenvalue weighted by atomic mass is 19.2. The molecule has 1 atom stereocenters. The van der Waals surface area contributed by atoms with Crippen molar-refractivity contribution in [1.82, 2.24) is 4.98 Å². The van der Waals surface area contributed by atoms with Crippen LogP contribution in [-0.4, -0.2) is 17.3 Å². The monoisotopic (exact) mass is 469 g/mol. The molecule has 1 aromatic heterocycles. The Kier molecular flexibility index (Phi) is 6.56. The van der Waals surface area contributed by atoms with E-state index in [2.05, 4.69) is 10.3 Å². The predicted molar refractivity (Wildman–Crippen MR) is 129 cm³/mol.